The maximum atomic E-state index is 13.1. The lowest BCUT2D eigenvalue weighted by molar-refractivity contribution is -0.154. The van der Waals surface area contributed by atoms with Gasteiger partial charge >= 0.3 is 6.09 Å². The van der Waals surface area contributed by atoms with Crippen LogP contribution in [0, 0.1) is 5.92 Å². The van der Waals surface area contributed by atoms with Crippen molar-refractivity contribution < 1.29 is 33.7 Å². The van der Waals surface area contributed by atoms with E-state index in [1.807, 2.05) is 19.9 Å². The van der Waals surface area contributed by atoms with Crippen LogP contribution in [0.15, 0.2) is 24.0 Å². The first-order chi connectivity index (χ1) is 15.4. The number of aliphatic hydroxyl groups is 1. The Bertz CT molecular complexity index is 700. The largest absolute Gasteiger partial charge is 0.479 e. The molecule has 0 aliphatic carbocycles. The lowest BCUT2D eigenvalue weighted by Crippen LogP contribution is -2.53. The summed E-state index contributed by atoms with van der Waals surface area (Å²) >= 11 is 0. The number of aliphatic hydroxyl groups excluding tert-OH is 1. The molecule has 180 valence electrons. The van der Waals surface area contributed by atoms with Crippen LogP contribution in [0.25, 0.3) is 0 Å². The van der Waals surface area contributed by atoms with E-state index in [0.29, 0.717) is 5.76 Å². The summed E-state index contributed by atoms with van der Waals surface area (Å²) in [6.07, 6.45) is 10.1. The second-order valence-corrected chi connectivity index (χ2v) is 8.62. The van der Waals surface area contributed by atoms with E-state index in [1.54, 1.807) is 6.08 Å². The molecule has 0 bridgehead atoms. The molecule has 1 fully saturated rings. The van der Waals surface area contributed by atoms with E-state index in [1.165, 1.54) is 13.2 Å². The lowest BCUT2D eigenvalue weighted by Gasteiger charge is -2.31. The summed E-state index contributed by atoms with van der Waals surface area (Å²) in [7, 11) is 1.33. The first-order valence-corrected chi connectivity index (χ1v) is 11.6. The van der Waals surface area contributed by atoms with E-state index in [9.17, 15) is 14.4 Å². The van der Waals surface area contributed by atoms with Crippen molar-refractivity contribution >= 4 is 17.8 Å². The quantitative estimate of drug-likeness (QED) is 0.427. The SMILES string of the molecule is COC(C(=O)N1C(=O)OCC1C(C)C)C1OC(=CCCCCCCCCCO)C=CC1=O. The van der Waals surface area contributed by atoms with E-state index in [-0.39, 0.29) is 24.9 Å². The zero-order valence-electron chi connectivity index (χ0n) is 19.5. The minimum atomic E-state index is -1.23. The van der Waals surface area contributed by atoms with Crippen LogP contribution < -0.4 is 0 Å². The Morgan fingerprint density at radius 2 is 1.81 bits per heavy atom. The van der Waals surface area contributed by atoms with Crippen molar-refractivity contribution in [2.75, 3.05) is 20.3 Å². The van der Waals surface area contributed by atoms with Crippen molar-refractivity contribution in [1.29, 1.82) is 0 Å². The molecule has 1 N–H and O–H groups in total. The van der Waals surface area contributed by atoms with Gasteiger partial charge in [0, 0.05) is 13.7 Å². The van der Waals surface area contributed by atoms with Gasteiger partial charge in [-0.05, 0) is 43.4 Å². The number of cyclic esters (lactones) is 1. The number of methoxy groups -OCH3 is 1. The van der Waals surface area contributed by atoms with Crippen molar-refractivity contribution in [3.8, 4) is 0 Å². The second kappa shape index (κ2) is 13.4. The van der Waals surface area contributed by atoms with Crippen LogP contribution >= 0.6 is 0 Å². The molecule has 1 saturated heterocycles. The standard InChI is InChI=1S/C24H37NO7/c1-17(2)19-16-31-24(29)25(19)23(28)22(30-3)21-20(27)14-13-18(32-21)12-10-8-6-4-5-7-9-11-15-26/h12-14,17,19,21-22,26H,4-11,15-16H2,1-3H3. The summed E-state index contributed by atoms with van der Waals surface area (Å²) in [5.74, 6) is -0.463. The monoisotopic (exact) mass is 451 g/mol. The zero-order valence-corrected chi connectivity index (χ0v) is 19.5. The van der Waals surface area contributed by atoms with Gasteiger partial charge in [0.1, 0.15) is 12.4 Å². The molecule has 0 aromatic heterocycles. The molecule has 2 heterocycles. The maximum absolute atomic E-state index is 13.1. The fraction of sp³-hybridized carbons (Fsp3) is 0.708. The molecule has 3 atom stereocenters. The highest BCUT2D eigenvalue weighted by atomic mass is 16.6. The predicted octanol–water partition coefficient (Wildman–Crippen LogP) is 3.53. The number of hydrogen-bond donors (Lipinski definition) is 1. The highest BCUT2D eigenvalue weighted by Gasteiger charge is 2.47. The number of carbonyl (C=O) groups excluding carboxylic acids is 3. The Kier molecular flexibility index (Phi) is 10.9. The molecule has 2 amide bonds. The number of rotatable bonds is 13. The van der Waals surface area contributed by atoms with Gasteiger partial charge in [0.05, 0.1) is 6.04 Å². The first kappa shape index (κ1) is 26.1. The van der Waals surface area contributed by atoms with Crippen molar-refractivity contribution in [3.63, 3.8) is 0 Å². The molecule has 8 heteroatoms. The molecule has 0 spiro atoms. The number of amides is 2. The molecule has 3 unspecified atom stereocenters. The number of ether oxygens (including phenoxy) is 3. The third kappa shape index (κ3) is 7.17. The van der Waals surface area contributed by atoms with Gasteiger partial charge in [-0.15, -0.1) is 0 Å². The predicted molar refractivity (Wildman–Crippen MR) is 119 cm³/mol. The van der Waals surface area contributed by atoms with Crippen LogP contribution in [0.5, 0.6) is 0 Å². The minimum Gasteiger partial charge on any atom is -0.479 e. The van der Waals surface area contributed by atoms with Crippen molar-refractivity contribution in [3.05, 3.63) is 24.0 Å². The van der Waals surface area contributed by atoms with Gasteiger partial charge in [-0.1, -0.05) is 46.0 Å². The van der Waals surface area contributed by atoms with Crippen molar-refractivity contribution in [2.45, 2.75) is 83.5 Å². The average Bonchev–Trinajstić information content (AvgIpc) is 3.16. The summed E-state index contributed by atoms with van der Waals surface area (Å²) in [5.41, 5.74) is 0. The highest BCUT2D eigenvalue weighted by Crippen LogP contribution is 2.25. The number of imide groups is 1. The van der Waals surface area contributed by atoms with Crippen LogP contribution in [0.4, 0.5) is 4.79 Å². The molecular weight excluding hydrogens is 414 g/mol. The van der Waals surface area contributed by atoms with Gasteiger partial charge in [-0.3, -0.25) is 9.59 Å². The van der Waals surface area contributed by atoms with Crippen molar-refractivity contribution in [1.82, 2.24) is 4.90 Å². The second-order valence-electron chi connectivity index (χ2n) is 8.62. The number of unbranched alkanes of at least 4 members (excludes halogenated alkanes) is 7. The zero-order chi connectivity index (χ0) is 23.5. The van der Waals surface area contributed by atoms with Crippen LogP contribution in [0.2, 0.25) is 0 Å². The van der Waals surface area contributed by atoms with Gasteiger partial charge in [0.25, 0.3) is 5.91 Å². The molecule has 0 aromatic rings. The number of ketones is 1. The molecule has 2 rings (SSSR count). The molecule has 0 aromatic carbocycles. The smallest absolute Gasteiger partial charge is 0.417 e. The number of carbonyl (C=O) groups is 3. The van der Waals surface area contributed by atoms with Crippen molar-refractivity contribution in [2.24, 2.45) is 5.92 Å². The Balaban J connectivity index is 1.91. The Morgan fingerprint density at radius 3 is 2.44 bits per heavy atom. The fourth-order valence-corrected chi connectivity index (χ4v) is 3.89. The average molecular weight is 452 g/mol. The first-order valence-electron chi connectivity index (χ1n) is 11.6. The summed E-state index contributed by atoms with van der Waals surface area (Å²) in [5, 5.41) is 8.78. The van der Waals surface area contributed by atoms with E-state index in [4.69, 9.17) is 19.3 Å². The molecule has 8 nitrogen and oxygen atoms in total. The normalized spacial score (nSPS) is 23.0. The Morgan fingerprint density at radius 1 is 1.16 bits per heavy atom. The summed E-state index contributed by atoms with van der Waals surface area (Å²) in [6, 6.07) is -0.402. The number of nitrogens with zero attached hydrogens (tertiary/aromatic N) is 1. The van der Waals surface area contributed by atoms with Gasteiger partial charge in [-0.25, -0.2) is 9.69 Å². The molecule has 32 heavy (non-hydrogen) atoms. The maximum Gasteiger partial charge on any atom is 0.417 e. The minimum absolute atomic E-state index is 0.0101. The van der Waals surface area contributed by atoms with E-state index in [2.05, 4.69) is 0 Å². The molecule has 0 saturated carbocycles. The van der Waals surface area contributed by atoms with Gasteiger partial charge in [0.15, 0.2) is 18.0 Å². The third-order valence-corrected chi connectivity index (χ3v) is 5.85. The lowest BCUT2D eigenvalue weighted by atomic mass is 10.0. The number of hydrogen-bond acceptors (Lipinski definition) is 7. The van der Waals surface area contributed by atoms with Crippen LogP contribution in [0.3, 0.4) is 0 Å². The third-order valence-electron chi connectivity index (χ3n) is 5.85. The Hall–Kier alpha value is -2.19. The topological polar surface area (TPSA) is 102 Å². The Labute approximate surface area is 190 Å². The van der Waals surface area contributed by atoms with Crippen LogP contribution in [-0.4, -0.2) is 66.4 Å². The van der Waals surface area contributed by atoms with Crippen LogP contribution in [0.1, 0.15) is 65.2 Å². The fourth-order valence-electron chi connectivity index (χ4n) is 3.89. The van der Waals surface area contributed by atoms with Gasteiger partial charge in [0.2, 0.25) is 0 Å². The van der Waals surface area contributed by atoms with E-state index in [0.717, 1.165) is 56.3 Å². The molecular formula is C24H37NO7. The summed E-state index contributed by atoms with van der Waals surface area (Å²) in [6.45, 7) is 4.19. The number of allylic oxidation sites excluding steroid dienone is 2. The van der Waals surface area contributed by atoms with Crippen LogP contribution in [-0.2, 0) is 23.8 Å². The highest BCUT2D eigenvalue weighted by molar-refractivity contribution is 6.03. The summed E-state index contributed by atoms with van der Waals surface area (Å²) in [4.78, 5) is 38.7. The van der Waals surface area contributed by atoms with Gasteiger partial charge < -0.3 is 19.3 Å². The molecule has 2 aliphatic rings. The van der Waals surface area contributed by atoms with Gasteiger partial charge in [-0.2, -0.15) is 0 Å². The van der Waals surface area contributed by atoms with E-state index < -0.39 is 30.3 Å². The molecule has 2 aliphatic heterocycles. The molecule has 0 radical (unpaired) electrons. The van der Waals surface area contributed by atoms with E-state index >= 15 is 0 Å². The summed E-state index contributed by atoms with van der Waals surface area (Å²) < 4.78 is 16.2.